The summed E-state index contributed by atoms with van der Waals surface area (Å²) < 4.78 is 24.5. The van der Waals surface area contributed by atoms with Crippen molar-refractivity contribution in [3.05, 3.63) is 24.2 Å². The average molecular weight is 419 g/mol. The molecule has 1 aromatic heterocycles. The maximum absolute atomic E-state index is 13.7. The molecule has 3 amide bonds. The predicted molar refractivity (Wildman–Crippen MR) is 102 cm³/mol. The number of carbonyl (C=O) groups is 3. The summed E-state index contributed by atoms with van der Waals surface area (Å²) in [5.41, 5.74) is 0. The summed E-state index contributed by atoms with van der Waals surface area (Å²) in [5.74, 6) is -0.199. The molecule has 0 bridgehead atoms. The van der Waals surface area contributed by atoms with E-state index >= 15 is 0 Å². The van der Waals surface area contributed by atoms with Gasteiger partial charge in [0.2, 0.25) is 5.91 Å². The van der Waals surface area contributed by atoms with Gasteiger partial charge < -0.3 is 19.0 Å². The van der Waals surface area contributed by atoms with Crippen LogP contribution >= 0.6 is 0 Å². The molecule has 5 atom stereocenters. The first-order valence-electron chi connectivity index (χ1n) is 10.8. The van der Waals surface area contributed by atoms with Crippen LogP contribution in [0.1, 0.15) is 42.7 Å². The Morgan fingerprint density at radius 1 is 1.10 bits per heavy atom. The summed E-state index contributed by atoms with van der Waals surface area (Å²) in [4.78, 5) is 43.1. The molecule has 162 valence electrons. The molecular formula is C21H26FN3O5. The molecule has 0 N–H and O–H groups in total. The van der Waals surface area contributed by atoms with Crippen LogP contribution in [0.15, 0.2) is 22.8 Å². The molecular weight excluding hydrogens is 393 g/mol. The number of likely N-dealkylation sites (tertiary alicyclic amines) is 2. The fraction of sp³-hybridized carbons (Fsp3) is 0.667. The number of hydrogen-bond acceptors (Lipinski definition) is 5. The summed E-state index contributed by atoms with van der Waals surface area (Å²) in [7, 11) is 0. The lowest BCUT2D eigenvalue weighted by Crippen LogP contribution is -2.47. The fourth-order valence-electron chi connectivity index (χ4n) is 5.39. The molecule has 9 heteroatoms. The van der Waals surface area contributed by atoms with E-state index in [9.17, 15) is 18.8 Å². The first-order chi connectivity index (χ1) is 14.5. The van der Waals surface area contributed by atoms with Crippen molar-refractivity contribution in [2.45, 2.75) is 56.5 Å². The second kappa shape index (κ2) is 7.59. The van der Waals surface area contributed by atoms with Crippen molar-refractivity contribution in [3.8, 4) is 0 Å². The fourth-order valence-corrected chi connectivity index (χ4v) is 5.39. The highest BCUT2D eigenvalue weighted by molar-refractivity contribution is 5.91. The zero-order chi connectivity index (χ0) is 20.8. The number of hydrogen-bond donors (Lipinski definition) is 0. The molecule has 1 saturated carbocycles. The summed E-state index contributed by atoms with van der Waals surface area (Å²) in [6.07, 6.45) is 2.77. The minimum absolute atomic E-state index is 0.0243. The lowest BCUT2D eigenvalue weighted by Gasteiger charge is -2.30. The third-order valence-electron chi connectivity index (χ3n) is 6.90. The van der Waals surface area contributed by atoms with Crippen LogP contribution in [0, 0.1) is 5.92 Å². The molecule has 0 spiro atoms. The molecule has 1 aromatic rings. The van der Waals surface area contributed by atoms with Crippen molar-refractivity contribution in [1.29, 1.82) is 0 Å². The Bertz CT molecular complexity index is 831. The van der Waals surface area contributed by atoms with E-state index in [0.717, 1.165) is 12.8 Å². The molecule has 0 aromatic carbocycles. The van der Waals surface area contributed by atoms with E-state index in [1.165, 1.54) is 6.26 Å². The third-order valence-corrected chi connectivity index (χ3v) is 6.90. The monoisotopic (exact) mass is 419 g/mol. The first-order valence-corrected chi connectivity index (χ1v) is 10.8. The molecule has 0 radical (unpaired) electrons. The Balaban J connectivity index is 1.23. The maximum Gasteiger partial charge on any atom is 0.410 e. The minimum Gasteiger partial charge on any atom is -0.459 e. The van der Waals surface area contributed by atoms with Gasteiger partial charge in [-0.3, -0.25) is 14.5 Å². The smallest absolute Gasteiger partial charge is 0.410 e. The van der Waals surface area contributed by atoms with E-state index in [1.807, 2.05) is 0 Å². The van der Waals surface area contributed by atoms with Crippen molar-refractivity contribution >= 4 is 17.9 Å². The van der Waals surface area contributed by atoms with E-state index in [4.69, 9.17) is 9.15 Å². The number of amides is 3. The van der Waals surface area contributed by atoms with Crippen LogP contribution in [0.3, 0.4) is 0 Å². The van der Waals surface area contributed by atoms with Crippen LogP contribution < -0.4 is 0 Å². The van der Waals surface area contributed by atoms with Gasteiger partial charge in [-0.25, -0.2) is 9.18 Å². The molecule has 4 fully saturated rings. The zero-order valence-electron chi connectivity index (χ0n) is 16.7. The van der Waals surface area contributed by atoms with E-state index in [1.54, 1.807) is 26.8 Å². The van der Waals surface area contributed by atoms with Gasteiger partial charge >= 0.3 is 6.09 Å². The van der Waals surface area contributed by atoms with Crippen molar-refractivity contribution in [2.75, 3.05) is 26.2 Å². The van der Waals surface area contributed by atoms with Gasteiger partial charge in [0.25, 0.3) is 5.91 Å². The Labute approximate surface area is 173 Å². The number of ether oxygens (including phenoxy) is 1. The Morgan fingerprint density at radius 3 is 2.73 bits per heavy atom. The van der Waals surface area contributed by atoms with Crippen LogP contribution in [0.2, 0.25) is 0 Å². The lowest BCUT2D eigenvalue weighted by molar-refractivity contribution is -0.136. The van der Waals surface area contributed by atoms with Crippen molar-refractivity contribution in [1.82, 2.24) is 14.7 Å². The van der Waals surface area contributed by atoms with Crippen LogP contribution in [0.4, 0.5) is 9.18 Å². The summed E-state index contributed by atoms with van der Waals surface area (Å²) in [6.45, 7) is 1.72. The Hall–Kier alpha value is -2.58. The maximum atomic E-state index is 13.7. The molecule has 1 aliphatic carbocycles. The largest absolute Gasteiger partial charge is 0.459 e. The minimum atomic E-state index is -0.903. The molecule has 4 aliphatic rings. The normalized spacial score (nSPS) is 33.7. The van der Waals surface area contributed by atoms with Gasteiger partial charge in [0, 0.05) is 25.6 Å². The van der Waals surface area contributed by atoms with Crippen LogP contribution in [-0.2, 0) is 9.53 Å². The van der Waals surface area contributed by atoms with Gasteiger partial charge in [-0.1, -0.05) is 0 Å². The number of alkyl halides is 1. The second-order valence-corrected chi connectivity index (χ2v) is 8.77. The van der Waals surface area contributed by atoms with E-state index in [-0.39, 0.29) is 47.8 Å². The topological polar surface area (TPSA) is 83.3 Å². The van der Waals surface area contributed by atoms with Gasteiger partial charge in [0.1, 0.15) is 12.3 Å². The van der Waals surface area contributed by atoms with Crippen molar-refractivity contribution in [2.24, 2.45) is 5.92 Å². The van der Waals surface area contributed by atoms with Crippen LogP contribution in [0.25, 0.3) is 0 Å². The molecule has 3 unspecified atom stereocenters. The first kappa shape index (κ1) is 19.4. The van der Waals surface area contributed by atoms with Gasteiger partial charge in [0.05, 0.1) is 24.9 Å². The Kier molecular flexibility index (Phi) is 4.91. The number of furan rings is 1. The molecule has 4 heterocycles. The molecule has 30 heavy (non-hydrogen) atoms. The van der Waals surface area contributed by atoms with Crippen molar-refractivity contribution < 1.29 is 27.9 Å². The van der Waals surface area contributed by atoms with Crippen molar-refractivity contribution in [3.63, 3.8) is 0 Å². The third kappa shape index (κ3) is 3.33. The zero-order valence-corrected chi connectivity index (χ0v) is 16.7. The summed E-state index contributed by atoms with van der Waals surface area (Å²) >= 11 is 0. The number of nitrogens with zero attached hydrogens (tertiary/aromatic N) is 3. The predicted octanol–water partition coefficient (Wildman–Crippen LogP) is 2.05. The van der Waals surface area contributed by atoms with Gasteiger partial charge in [-0.15, -0.1) is 0 Å². The molecule has 3 saturated heterocycles. The highest BCUT2D eigenvalue weighted by Gasteiger charge is 2.53. The quantitative estimate of drug-likeness (QED) is 0.749. The van der Waals surface area contributed by atoms with E-state index in [0.29, 0.717) is 45.4 Å². The number of carbonyl (C=O) groups excluding carboxylic acids is 3. The SMILES string of the molecule is O=C(c1ccco1)N1CCC(N2C(=O)O[C@H]3CN(C(=O)C4CCCC(F)C4)C[C@H]32)C1. The van der Waals surface area contributed by atoms with Crippen LogP contribution in [0.5, 0.6) is 0 Å². The number of rotatable bonds is 3. The summed E-state index contributed by atoms with van der Waals surface area (Å²) in [5, 5.41) is 0. The summed E-state index contributed by atoms with van der Waals surface area (Å²) in [6, 6.07) is 2.94. The van der Waals surface area contributed by atoms with Crippen LogP contribution in [-0.4, -0.2) is 83.1 Å². The molecule has 5 rings (SSSR count). The average Bonchev–Trinajstić information content (AvgIpc) is 3.50. The second-order valence-electron chi connectivity index (χ2n) is 8.77. The Morgan fingerprint density at radius 2 is 1.97 bits per heavy atom. The molecule has 3 aliphatic heterocycles. The van der Waals surface area contributed by atoms with E-state index < -0.39 is 6.17 Å². The lowest BCUT2D eigenvalue weighted by atomic mass is 9.87. The van der Waals surface area contributed by atoms with Gasteiger partial charge in [-0.05, 0) is 44.2 Å². The van der Waals surface area contributed by atoms with Gasteiger partial charge in [-0.2, -0.15) is 0 Å². The highest BCUT2D eigenvalue weighted by Crippen LogP contribution is 2.34. The standard InChI is InChI=1S/C21H26FN3O5/c22-14-4-1-3-13(9-14)19(26)24-11-16-18(12-24)30-21(28)25(16)15-6-7-23(10-15)20(27)17-5-2-8-29-17/h2,5,8,13-16,18H,1,3-4,6-7,9-12H2/t13?,14?,15?,16-,18+/m1/s1. The highest BCUT2D eigenvalue weighted by atomic mass is 19.1. The van der Waals surface area contributed by atoms with Gasteiger partial charge in [0.15, 0.2) is 5.76 Å². The number of fused-ring (bicyclic) bond motifs is 1. The number of halogens is 1. The van der Waals surface area contributed by atoms with E-state index in [2.05, 4.69) is 0 Å². The molecule has 8 nitrogen and oxygen atoms in total.